The van der Waals surface area contributed by atoms with Gasteiger partial charge in [0.25, 0.3) is 0 Å². The second kappa shape index (κ2) is 5.45. The second-order valence-corrected chi connectivity index (χ2v) is 4.74. The van der Waals surface area contributed by atoms with Crippen LogP contribution in [0.25, 0.3) is 0 Å². The maximum Gasteiger partial charge on any atom is 0.416 e. The van der Waals surface area contributed by atoms with Crippen LogP contribution in [0, 0.1) is 6.42 Å². The van der Waals surface area contributed by atoms with E-state index in [0.717, 1.165) is 31.8 Å². The van der Waals surface area contributed by atoms with Gasteiger partial charge in [-0.15, -0.1) is 0 Å². The number of hydrogen-bond donors (Lipinski definition) is 1. The predicted octanol–water partition coefficient (Wildman–Crippen LogP) is 2.30. The van der Waals surface area contributed by atoms with E-state index in [1.54, 1.807) is 6.42 Å². The Morgan fingerprint density at radius 2 is 1.94 bits per heavy atom. The Kier molecular flexibility index (Phi) is 4.12. The monoisotopic (exact) mass is 259 g/mol. The van der Waals surface area contributed by atoms with E-state index in [9.17, 15) is 13.2 Å². The molecule has 2 rings (SSSR count). The minimum atomic E-state index is -4.24. The van der Waals surface area contributed by atoms with Crippen LogP contribution in [-0.2, 0) is 0 Å². The van der Waals surface area contributed by atoms with Gasteiger partial charge in [-0.25, -0.2) is 0 Å². The van der Waals surface area contributed by atoms with E-state index in [-0.39, 0.29) is 6.04 Å². The fourth-order valence-electron chi connectivity index (χ4n) is 2.40. The van der Waals surface area contributed by atoms with Crippen molar-refractivity contribution in [1.82, 2.24) is 10.2 Å². The molecule has 1 atom stereocenters. The fraction of sp³-hybridized carbons (Fsp3) is 0.615. The van der Waals surface area contributed by atoms with Crippen LogP contribution in [0.15, 0.2) is 23.3 Å². The van der Waals surface area contributed by atoms with E-state index >= 15 is 0 Å². The lowest BCUT2D eigenvalue weighted by molar-refractivity contribution is -0.0885. The number of allylic oxidation sites excluding steroid dienone is 3. The van der Waals surface area contributed by atoms with Crippen LogP contribution in [0.2, 0.25) is 0 Å². The van der Waals surface area contributed by atoms with E-state index in [4.69, 9.17) is 0 Å². The standard InChI is InChI=1S/C13H18F3N2/c1-10(18-7-5-17-6-8-18)11-3-2-4-12(9-11)13(14,15)16/h2,4,9-10,17H,3,5-8H2,1H3. The maximum atomic E-state index is 12.7. The van der Waals surface area contributed by atoms with E-state index in [0.29, 0.717) is 6.42 Å². The maximum absolute atomic E-state index is 12.7. The normalized spacial score (nSPS) is 24.4. The fourth-order valence-corrected chi connectivity index (χ4v) is 2.40. The van der Waals surface area contributed by atoms with Crippen molar-refractivity contribution in [2.45, 2.75) is 25.6 Å². The summed E-state index contributed by atoms with van der Waals surface area (Å²) in [5.41, 5.74) is 0.317. The van der Waals surface area contributed by atoms with Gasteiger partial charge in [0.05, 0.1) is 5.57 Å². The van der Waals surface area contributed by atoms with Crippen molar-refractivity contribution in [2.75, 3.05) is 26.2 Å². The van der Waals surface area contributed by atoms with Gasteiger partial charge < -0.3 is 5.32 Å². The molecule has 0 saturated carbocycles. The zero-order valence-electron chi connectivity index (χ0n) is 10.4. The lowest BCUT2D eigenvalue weighted by Gasteiger charge is -2.35. The van der Waals surface area contributed by atoms with Gasteiger partial charge in [0.2, 0.25) is 0 Å². The molecular formula is C13H18F3N2. The smallest absolute Gasteiger partial charge is 0.314 e. The van der Waals surface area contributed by atoms with Crippen molar-refractivity contribution in [3.05, 3.63) is 29.7 Å². The van der Waals surface area contributed by atoms with Crippen molar-refractivity contribution in [3.8, 4) is 0 Å². The molecule has 2 aliphatic rings. The summed E-state index contributed by atoms with van der Waals surface area (Å²) in [6.45, 7) is 5.59. The molecule has 1 heterocycles. The molecule has 0 aromatic rings. The van der Waals surface area contributed by atoms with Crippen LogP contribution in [-0.4, -0.2) is 43.3 Å². The first-order valence-corrected chi connectivity index (χ1v) is 6.24. The van der Waals surface area contributed by atoms with Gasteiger partial charge in [-0.05, 0) is 25.8 Å². The molecule has 0 amide bonds. The molecular weight excluding hydrogens is 241 g/mol. The highest BCUT2D eigenvalue weighted by atomic mass is 19.4. The molecule has 1 unspecified atom stereocenters. The Morgan fingerprint density at radius 3 is 2.56 bits per heavy atom. The van der Waals surface area contributed by atoms with Crippen LogP contribution in [0.4, 0.5) is 13.2 Å². The van der Waals surface area contributed by atoms with E-state index in [2.05, 4.69) is 10.2 Å². The third-order valence-corrected chi connectivity index (χ3v) is 3.56. The van der Waals surface area contributed by atoms with Crippen LogP contribution in [0.3, 0.4) is 0 Å². The average Bonchev–Trinajstić information content (AvgIpc) is 2.38. The van der Waals surface area contributed by atoms with Gasteiger partial charge in [-0.1, -0.05) is 11.6 Å². The van der Waals surface area contributed by atoms with Crippen molar-refractivity contribution in [2.24, 2.45) is 0 Å². The largest absolute Gasteiger partial charge is 0.416 e. The summed E-state index contributed by atoms with van der Waals surface area (Å²) in [5.74, 6) is 0. The summed E-state index contributed by atoms with van der Waals surface area (Å²) in [7, 11) is 0. The topological polar surface area (TPSA) is 15.3 Å². The molecule has 1 aliphatic carbocycles. The number of hydrogen-bond acceptors (Lipinski definition) is 2. The zero-order valence-corrected chi connectivity index (χ0v) is 10.4. The first-order valence-electron chi connectivity index (χ1n) is 6.24. The molecule has 2 nitrogen and oxygen atoms in total. The third-order valence-electron chi connectivity index (χ3n) is 3.56. The number of halogens is 3. The highest BCUT2D eigenvalue weighted by Gasteiger charge is 2.34. The Hall–Kier alpha value is -0.810. The number of piperazine rings is 1. The Labute approximate surface area is 106 Å². The molecule has 1 saturated heterocycles. The van der Waals surface area contributed by atoms with Gasteiger partial charge in [-0.3, -0.25) is 4.90 Å². The summed E-state index contributed by atoms with van der Waals surface area (Å²) in [6.07, 6.45) is 0.466. The summed E-state index contributed by atoms with van der Waals surface area (Å²) in [4.78, 5) is 2.23. The minimum Gasteiger partial charge on any atom is -0.314 e. The first-order chi connectivity index (χ1) is 8.48. The van der Waals surface area contributed by atoms with Gasteiger partial charge in [0.1, 0.15) is 0 Å². The molecule has 1 aliphatic heterocycles. The Morgan fingerprint density at radius 1 is 1.28 bits per heavy atom. The molecule has 5 heteroatoms. The number of rotatable bonds is 2. The predicted molar refractivity (Wildman–Crippen MR) is 65.0 cm³/mol. The molecule has 1 radical (unpaired) electrons. The van der Waals surface area contributed by atoms with E-state index in [1.165, 1.54) is 12.2 Å². The van der Waals surface area contributed by atoms with Crippen LogP contribution in [0.1, 0.15) is 13.3 Å². The molecule has 0 aromatic carbocycles. The highest BCUT2D eigenvalue weighted by Crippen LogP contribution is 2.33. The number of alkyl halides is 3. The average molecular weight is 259 g/mol. The SMILES string of the molecule is CC(C1=CC(C(F)(F)F)=C[CH]C1)N1CCNCC1. The van der Waals surface area contributed by atoms with Crippen molar-refractivity contribution < 1.29 is 13.2 Å². The molecule has 101 valence electrons. The molecule has 1 N–H and O–H groups in total. The second-order valence-electron chi connectivity index (χ2n) is 4.74. The van der Waals surface area contributed by atoms with E-state index in [1.807, 2.05) is 6.92 Å². The molecule has 1 fully saturated rings. The Bertz CT molecular complexity index is 352. The molecule has 0 bridgehead atoms. The third kappa shape index (κ3) is 3.14. The van der Waals surface area contributed by atoms with Gasteiger partial charge >= 0.3 is 6.18 Å². The number of nitrogens with one attached hydrogen (secondary N) is 1. The van der Waals surface area contributed by atoms with Crippen LogP contribution < -0.4 is 5.32 Å². The zero-order chi connectivity index (χ0) is 13.2. The van der Waals surface area contributed by atoms with E-state index < -0.39 is 11.7 Å². The molecule has 18 heavy (non-hydrogen) atoms. The Balaban J connectivity index is 2.08. The molecule has 0 spiro atoms. The lowest BCUT2D eigenvalue weighted by atomic mass is 9.93. The molecule has 0 aromatic heterocycles. The van der Waals surface area contributed by atoms with Crippen molar-refractivity contribution in [1.29, 1.82) is 0 Å². The highest BCUT2D eigenvalue weighted by molar-refractivity contribution is 5.37. The van der Waals surface area contributed by atoms with Gasteiger partial charge in [0, 0.05) is 32.2 Å². The van der Waals surface area contributed by atoms with Crippen LogP contribution in [0.5, 0.6) is 0 Å². The first kappa shape index (κ1) is 13.6. The minimum absolute atomic E-state index is 0.0781. The lowest BCUT2D eigenvalue weighted by Crippen LogP contribution is -2.48. The van der Waals surface area contributed by atoms with Crippen molar-refractivity contribution >= 4 is 0 Å². The van der Waals surface area contributed by atoms with Gasteiger partial charge in [0.15, 0.2) is 0 Å². The summed E-state index contributed by atoms with van der Waals surface area (Å²) >= 11 is 0. The summed E-state index contributed by atoms with van der Waals surface area (Å²) < 4.78 is 38.0. The van der Waals surface area contributed by atoms with Gasteiger partial charge in [-0.2, -0.15) is 13.2 Å². The summed E-state index contributed by atoms with van der Waals surface area (Å²) in [6, 6.07) is 0.0781. The quantitative estimate of drug-likeness (QED) is 0.818. The summed E-state index contributed by atoms with van der Waals surface area (Å²) in [5, 5.41) is 3.25. The van der Waals surface area contributed by atoms with Crippen LogP contribution >= 0.6 is 0 Å². The van der Waals surface area contributed by atoms with Crippen molar-refractivity contribution in [3.63, 3.8) is 0 Å². The number of nitrogens with zero attached hydrogens (tertiary/aromatic N) is 1.